The molecule has 7 nitrogen and oxygen atoms in total. The summed E-state index contributed by atoms with van der Waals surface area (Å²) >= 11 is 0. The van der Waals surface area contributed by atoms with Crippen LogP contribution < -0.4 is 5.32 Å². The Bertz CT molecular complexity index is 384. The van der Waals surface area contributed by atoms with Gasteiger partial charge >= 0.3 is 7.82 Å². The molecule has 0 aromatic heterocycles. The molecule has 1 heterocycles. The molecule has 0 aromatic rings. The summed E-state index contributed by atoms with van der Waals surface area (Å²) in [7, 11) is 1.70. The molecule has 3 unspecified atom stereocenters. The molecule has 1 saturated heterocycles. The van der Waals surface area contributed by atoms with Crippen LogP contribution >= 0.6 is 7.82 Å². The average Bonchev–Trinajstić information content (AvgIpc) is 2.42. The third kappa shape index (κ3) is 17.4. The van der Waals surface area contributed by atoms with Crippen molar-refractivity contribution in [2.24, 2.45) is 0 Å². The van der Waals surface area contributed by atoms with Gasteiger partial charge in [-0.3, -0.25) is 9.05 Å². The van der Waals surface area contributed by atoms with Crippen LogP contribution in [0, 0.1) is 0 Å². The Morgan fingerprint density at radius 3 is 2.23 bits per heavy atom. The number of rotatable bonds is 13. The number of phosphoric ester groups is 1. The van der Waals surface area contributed by atoms with E-state index in [1.54, 1.807) is 0 Å². The highest BCUT2D eigenvalue weighted by molar-refractivity contribution is 7.47. The minimum absolute atomic E-state index is 0.101. The first-order chi connectivity index (χ1) is 12.1. The Morgan fingerprint density at radius 2 is 1.77 bits per heavy atom. The van der Waals surface area contributed by atoms with Crippen LogP contribution in [-0.4, -0.2) is 67.7 Å². The first kappa shape index (κ1) is 26.0. The summed E-state index contributed by atoms with van der Waals surface area (Å²) in [6, 6.07) is 0.885. The van der Waals surface area contributed by atoms with Crippen LogP contribution in [0.2, 0.25) is 0 Å². The van der Waals surface area contributed by atoms with Crippen molar-refractivity contribution < 1.29 is 28.1 Å². The molecule has 0 aliphatic carbocycles. The molecule has 3 atom stereocenters. The van der Waals surface area contributed by atoms with Crippen LogP contribution in [0.4, 0.5) is 0 Å². The van der Waals surface area contributed by atoms with Gasteiger partial charge in [-0.05, 0) is 26.3 Å². The zero-order chi connectivity index (χ0) is 20.1. The molecule has 8 heteroatoms. The number of phosphoric acid groups is 1. The van der Waals surface area contributed by atoms with Crippen LogP contribution in [-0.2, 0) is 13.6 Å². The van der Waals surface area contributed by atoms with E-state index in [-0.39, 0.29) is 6.61 Å². The lowest BCUT2D eigenvalue weighted by Gasteiger charge is -2.27. The van der Waals surface area contributed by atoms with Crippen LogP contribution in [0.15, 0.2) is 0 Å². The first-order valence-electron chi connectivity index (χ1n) is 9.93. The summed E-state index contributed by atoms with van der Waals surface area (Å²) in [5.41, 5.74) is 0. The average molecular weight is 398 g/mol. The van der Waals surface area contributed by atoms with E-state index in [4.69, 9.17) is 10.00 Å². The Labute approximate surface area is 160 Å². The third-order valence-corrected chi connectivity index (χ3v) is 5.21. The van der Waals surface area contributed by atoms with E-state index in [1.165, 1.54) is 64.8 Å². The molecular weight excluding hydrogens is 355 g/mol. The summed E-state index contributed by atoms with van der Waals surface area (Å²) in [6.45, 7) is 5.46. The fourth-order valence-electron chi connectivity index (χ4n) is 2.42. The van der Waals surface area contributed by atoms with Gasteiger partial charge in [0, 0.05) is 6.04 Å². The number of aliphatic hydroxyl groups excluding tert-OH is 1. The molecule has 0 amide bonds. The predicted octanol–water partition coefficient (Wildman–Crippen LogP) is 3.26. The number of nitrogens with one attached hydrogen (secondary N) is 1. The smallest absolute Gasteiger partial charge is 0.368 e. The molecule has 1 rings (SSSR count). The number of hydrogen-bond donors (Lipinski definition) is 3. The van der Waals surface area contributed by atoms with Gasteiger partial charge in [0.05, 0.1) is 21.1 Å². The SMILES string of the molecule is CC(O)OP(=O)(O)OCC[N+](C)(C)C.CCCCCCCCC1CCN1. The Hall–Kier alpha value is -0.0100. The molecule has 1 aliphatic rings. The summed E-state index contributed by atoms with van der Waals surface area (Å²) in [5, 5.41) is 12.2. The van der Waals surface area contributed by atoms with E-state index >= 15 is 0 Å². The summed E-state index contributed by atoms with van der Waals surface area (Å²) in [5.74, 6) is 0. The fraction of sp³-hybridized carbons (Fsp3) is 1.00. The van der Waals surface area contributed by atoms with Crippen molar-refractivity contribution in [2.45, 2.75) is 77.5 Å². The molecule has 0 bridgehead atoms. The van der Waals surface area contributed by atoms with E-state index in [2.05, 4.69) is 21.3 Å². The maximum Gasteiger partial charge on any atom is 0.474 e. The highest BCUT2D eigenvalue weighted by Crippen LogP contribution is 2.43. The second kappa shape index (κ2) is 14.1. The maximum absolute atomic E-state index is 11.1. The van der Waals surface area contributed by atoms with Crippen LogP contribution in [0.1, 0.15) is 65.2 Å². The third-order valence-electron chi connectivity index (χ3n) is 4.13. The molecule has 26 heavy (non-hydrogen) atoms. The van der Waals surface area contributed by atoms with Gasteiger partial charge in [0.15, 0.2) is 6.29 Å². The van der Waals surface area contributed by atoms with Crippen molar-refractivity contribution >= 4 is 7.82 Å². The van der Waals surface area contributed by atoms with Gasteiger partial charge in [-0.2, -0.15) is 0 Å². The lowest BCUT2D eigenvalue weighted by molar-refractivity contribution is -0.870. The van der Waals surface area contributed by atoms with E-state index < -0.39 is 14.1 Å². The molecule has 1 fully saturated rings. The summed E-state index contributed by atoms with van der Waals surface area (Å²) in [4.78, 5) is 9.03. The van der Waals surface area contributed by atoms with Gasteiger partial charge in [-0.25, -0.2) is 4.57 Å². The van der Waals surface area contributed by atoms with Gasteiger partial charge in [0.25, 0.3) is 0 Å². The van der Waals surface area contributed by atoms with Gasteiger partial charge in [-0.15, -0.1) is 0 Å². The number of aliphatic hydroxyl groups is 1. The van der Waals surface area contributed by atoms with E-state index in [1.807, 2.05) is 21.1 Å². The minimum atomic E-state index is -4.09. The molecule has 0 saturated carbocycles. The largest absolute Gasteiger partial charge is 0.474 e. The van der Waals surface area contributed by atoms with Gasteiger partial charge < -0.3 is 19.8 Å². The highest BCUT2D eigenvalue weighted by atomic mass is 31.2. The normalized spacial score (nSPS) is 20.5. The highest BCUT2D eigenvalue weighted by Gasteiger charge is 2.24. The first-order valence-corrected chi connectivity index (χ1v) is 11.4. The molecule has 1 aliphatic heterocycles. The number of nitrogens with zero attached hydrogens (tertiary/aromatic N) is 1. The number of unbranched alkanes of at least 4 members (excludes halogenated alkanes) is 5. The zero-order valence-electron chi connectivity index (χ0n) is 17.4. The van der Waals surface area contributed by atoms with Crippen LogP contribution in [0.25, 0.3) is 0 Å². The van der Waals surface area contributed by atoms with Crippen molar-refractivity contribution in [3.8, 4) is 0 Å². The van der Waals surface area contributed by atoms with E-state index in [0.717, 1.165) is 6.04 Å². The van der Waals surface area contributed by atoms with Gasteiger partial charge in [0.1, 0.15) is 13.2 Å². The lowest BCUT2D eigenvalue weighted by atomic mass is 9.99. The van der Waals surface area contributed by atoms with Gasteiger partial charge in [-0.1, -0.05) is 45.4 Å². The second-order valence-corrected chi connectivity index (χ2v) is 9.42. The predicted molar refractivity (Wildman–Crippen MR) is 106 cm³/mol. The monoisotopic (exact) mass is 397 g/mol. The van der Waals surface area contributed by atoms with Crippen LogP contribution in [0.5, 0.6) is 0 Å². The Balaban J connectivity index is 0.000000485. The van der Waals surface area contributed by atoms with E-state index in [9.17, 15) is 4.57 Å². The van der Waals surface area contributed by atoms with Crippen molar-refractivity contribution in [2.75, 3.05) is 40.8 Å². The van der Waals surface area contributed by atoms with E-state index in [0.29, 0.717) is 11.0 Å². The topological polar surface area (TPSA) is 88.0 Å². The van der Waals surface area contributed by atoms with Crippen molar-refractivity contribution in [3.05, 3.63) is 0 Å². The van der Waals surface area contributed by atoms with Crippen molar-refractivity contribution in [1.82, 2.24) is 5.32 Å². The fourth-order valence-corrected chi connectivity index (χ4v) is 3.18. The standard InChI is InChI=1S/C11H23N.C7H18NO5P/c1-2-3-4-5-6-7-8-11-9-10-12-11;1-7(9)13-14(10,11)12-6-5-8(2,3)4/h11-12H,2-10H2,1H3;7,9H,5-6H2,1-4H3/p+1. The number of hydrogen-bond acceptors (Lipinski definition) is 5. The number of quaternary nitrogens is 1. The van der Waals surface area contributed by atoms with Gasteiger partial charge in [0.2, 0.25) is 0 Å². The van der Waals surface area contributed by atoms with Crippen LogP contribution in [0.3, 0.4) is 0 Å². The Morgan fingerprint density at radius 1 is 1.19 bits per heavy atom. The maximum atomic E-state index is 11.1. The molecule has 158 valence electrons. The number of likely N-dealkylation sites (N-methyl/N-ethyl adjacent to an activating group) is 1. The quantitative estimate of drug-likeness (QED) is 0.191. The van der Waals surface area contributed by atoms with Crippen molar-refractivity contribution in [3.63, 3.8) is 0 Å². The zero-order valence-corrected chi connectivity index (χ0v) is 18.3. The molecule has 3 N–H and O–H groups in total. The Kier molecular flexibility index (Phi) is 14.0. The molecule has 0 aromatic carbocycles. The molecule has 0 spiro atoms. The second-order valence-electron chi connectivity index (χ2n) is 8.02. The molecule has 0 radical (unpaired) electrons. The van der Waals surface area contributed by atoms with Crippen molar-refractivity contribution in [1.29, 1.82) is 0 Å². The molecular formula is C18H42N2O5P+. The summed E-state index contributed by atoms with van der Waals surface area (Å²) < 4.78 is 20.6. The lowest BCUT2D eigenvalue weighted by Crippen LogP contribution is -2.42. The summed E-state index contributed by atoms with van der Waals surface area (Å²) in [6.07, 6.45) is 10.1. The minimum Gasteiger partial charge on any atom is -0.368 e.